The summed E-state index contributed by atoms with van der Waals surface area (Å²) in [6, 6.07) is 5.26. The summed E-state index contributed by atoms with van der Waals surface area (Å²) in [7, 11) is 1.63. The molecule has 0 bridgehead atoms. The normalized spacial score (nSPS) is 13.7. The maximum absolute atomic E-state index is 13.0. The highest BCUT2D eigenvalue weighted by Crippen LogP contribution is 2.42. The fraction of sp³-hybridized carbons (Fsp3) is 0.609. The molecule has 0 fully saturated rings. The average Bonchev–Trinajstić information content (AvgIpc) is 3.25. The maximum Gasteiger partial charge on any atom is 0.312 e. The van der Waals surface area contributed by atoms with E-state index in [4.69, 9.17) is 32.7 Å². The van der Waals surface area contributed by atoms with Crippen molar-refractivity contribution in [1.29, 1.82) is 0 Å². The van der Waals surface area contributed by atoms with Crippen LogP contribution in [0, 0.1) is 5.92 Å². The van der Waals surface area contributed by atoms with Gasteiger partial charge in [0.15, 0.2) is 10.4 Å². The number of nitrogens with zero attached hydrogens (tertiary/aromatic N) is 2. The number of aromatic amines is 1. The molecule has 0 aliphatic carbocycles. The molecule has 2 unspecified atom stereocenters. The third kappa shape index (κ3) is 6.83. The Hall–Kier alpha value is -1.83. The number of amides is 1. The molecule has 2 aromatic rings. The largest absolute Gasteiger partial charge is 0.452 e. The van der Waals surface area contributed by atoms with Crippen LogP contribution in [0.15, 0.2) is 24.5 Å². The summed E-state index contributed by atoms with van der Waals surface area (Å²) >= 11 is 13.2. The Morgan fingerprint density at radius 2 is 1.91 bits per heavy atom. The minimum Gasteiger partial charge on any atom is -0.452 e. The number of halogens is 2. The first kappa shape index (κ1) is 26.4. The monoisotopic (exact) mass is 485 g/mol. The number of rotatable bonds is 13. The Labute approximate surface area is 199 Å². The number of alkyl halides is 2. The van der Waals surface area contributed by atoms with Crippen molar-refractivity contribution in [3.05, 3.63) is 30.1 Å². The lowest BCUT2D eigenvalue weighted by atomic mass is 9.99. The molecular formula is C23H33Cl2N3O4. The summed E-state index contributed by atoms with van der Waals surface area (Å²) < 4.78 is 9.06. The number of esters is 1. The molecule has 0 saturated carbocycles. The fourth-order valence-electron chi connectivity index (χ4n) is 3.41. The molecule has 2 rings (SSSR count). The zero-order valence-electron chi connectivity index (χ0n) is 19.2. The molecule has 7 nitrogen and oxygen atoms in total. The van der Waals surface area contributed by atoms with Crippen LogP contribution in [0.3, 0.4) is 0 Å². The van der Waals surface area contributed by atoms with Gasteiger partial charge in [-0.25, -0.2) is 4.98 Å². The van der Waals surface area contributed by atoms with Gasteiger partial charge in [0.05, 0.1) is 23.3 Å². The van der Waals surface area contributed by atoms with Crippen LogP contribution in [0.4, 0.5) is 0 Å². The van der Waals surface area contributed by atoms with E-state index in [1.54, 1.807) is 50.4 Å². The van der Waals surface area contributed by atoms with Crippen LogP contribution in [0.2, 0.25) is 0 Å². The molecule has 32 heavy (non-hydrogen) atoms. The predicted molar refractivity (Wildman–Crippen MR) is 127 cm³/mol. The van der Waals surface area contributed by atoms with Crippen molar-refractivity contribution in [2.45, 2.75) is 56.9 Å². The summed E-state index contributed by atoms with van der Waals surface area (Å²) in [6.07, 6.45) is 4.33. The molecule has 1 aromatic heterocycles. The molecule has 0 aliphatic heterocycles. The fourth-order valence-corrected chi connectivity index (χ4v) is 3.82. The number of ether oxygens (including phenoxy) is 2. The Morgan fingerprint density at radius 3 is 2.59 bits per heavy atom. The lowest BCUT2D eigenvalue weighted by Crippen LogP contribution is -2.43. The molecule has 0 saturated heterocycles. The quantitative estimate of drug-likeness (QED) is 0.249. The second kappa shape index (κ2) is 12.4. The minimum atomic E-state index is -1.53. The standard InChI is InChI=1S/C23H33Cl2N3O4/c1-5-6-7-11-28(12-8-13-31-4)21(29)17(3)32-22(30)16(2)23(24,25)18-9-10-19-20(14-18)27-15-26-19/h9-10,14-17H,5-8,11-13H2,1-4H3,(H,26,27). The van der Waals surface area contributed by atoms with E-state index >= 15 is 0 Å². The Morgan fingerprint density at radius 1 is 1.19 bits per heavy atom. The summed E-state index contributed by atoms with van der Waals surface area (Å²) in [6.45, 7) is 7.01. The van der Waals surface area contributed by atoms with E-state index in [2.05, 4.69) is 16.9 Å². The second-order valence-corrected chi connectivity index (χ2v) is 9.32. The van der Waals surface area contributed by atoms with Gasteiger partial charge < -0.3 is 19.4 Å². The van der Waals surface area contributed by atoms with E-state index in [1.807, 2.05) is 0 Å². The smallest absolute Gasteiger partial charge is 0.312 e. The molecule has 0 spiro atoms. The zero-order chi connectivity index (χ0) is 23.7. The van der Waals surface area contributed by atoms with E-state index in [0.717, 1.165) is 30.3 Å². The first-order chi connectivity index (χ1) is 15.2. The minimum absolute atomic E-state index is 0.230. The first-order valence-electron chi connectivity index (χ1n) is 11.0. The number of carbonyl (C=O) groups excluding carboxylic acids is 2. The van der Waals surface area contributed by atoms with Gasteiger partial charge in [-0.05, 0) is 44.4 Å². The van der Waals surface area contributed by atoms with Crippen LogP contribution in [-0.2, 0) is 23.4 Å². The molecular weight excluding hydrogens is 453 g/mol. The van der Waals surface area contributed by atoms with Crippen LogP contribution >= 0.6 is 23.2 Å². The van der Waals surface area contributed by atoms with Crippen molar-refractivity contribution in [1.82, 2.24) is 14.9 Å². The van der Waals surface area contributed by atoms with Gasteiger partial charge in [-0.1, -0.05) is 49.0 Å². The summed E-state index contributed by atoms with van der Waals surface area (Å²) in [5.74, 6) is -1.76. The van der Waals surface area contributed by atoms with Crippen molar-refractivity contribution in [2.75, 3.05) is 26.8 Å². The average molecular weight is 486 g/mol. The van der Waals surface area contributed by atoms with E-state index in [-0.39, 0.29) is 5.91 Å². The molecule has 1 N–H and O–H groups in total. The van der Waals surface area contributed by atoms with Gasteiger partial charge in [0.1, 0.15) is 0 Å². The van der Waals surface area contributed by atoms with Gasteiger partial charge in [-0.15, -0.1) is 0 Å². The van der Waals surface area contributed by atoms with Crippen molar-refractivity contribution in [3.8, 4) is 0 Å². The van der Waals surface area contributed by atoms with Crippen molar-refractivity contribution >= 4 is 46.1 Å². The van der Waals surface area contributed by atoms with Crippen LogP contribution in [0.5, 0.6) is 0 Å². The number of hydrogen-bond acceptors (Lipinski definition) is 5. The van der Waals surface area contributed by atoms with Gasteiger partial charge in [0, 0.05) is 26.8 Å². The molecule has 178 valence electrons. The Bertz CT molecular complexity index is 877. The number of unbranched alkanes of at least 4 members (excludes halogenated alkanes) is 2. The van der Waals surface area contributed by atoms with Crippen molar-refractivity contribution < 1.29 is 19.1 Å². The van der Waals surface area contributed by atoms with Crippen molar-refractivity contribution in [2.24, 2.45) is 5.92 Å². The van der Waals surface area contributed by atoms with Crippen LogP contribution in [-0.4, -0.2) is 59.7 Å². The number of fused-ring (bicyclic) bond motifs is 1. The Balaban J connectivity index is 2.04. The number of aromatic nitrogens is 2. The number of methoxy groups -OCH3 is 1. The number of nitrogens with one attached hydrogen (secondary N) is 1. The van der Waals surface area contributed by atoms with E-state index in [1.165, 1.54) is 0 Å². The highest BCUT2D eigenvalue weighted by Gasteiger charge is 2.41. The summed E-state index contributed by atoms with van der Waals surface area (Å²) in [4.78, 5) is 34.7. The molecule has 0 radical (unpaired) electrons. The van der Waals surface area contributed by atoms with Crippen molar-refractivity contribution in [3.63, 3.8) is 0 Å². The molecule has 1 aromatic carbocycles. The number of carbonyl (C=O) groups is 2. The first-order valence-corrected chi connectivity index (χ1v) is 11.8. The molecule has 0 aliphatic rings. The zero-order valence-corrected chi connectivity index (χ0v) is 20.7. The summed E-state index contributed by atoms with van der Waals surface area (Å²) in [5, 5.41) is 0. The third-order valence-electron chi connectivity index (χ3n) is 5.46. The topological polar surface area (TPSA) is 84.5 Å². The highest BCUT2D eigenvalue weighted by atomic mass is 35.5. The maximum atomic E-state index is 13.0. The van der Waals surface area contributed by atoms with E-state index in [9.17, 15) is 9.59 Å². The number of H-pyrrole nitrogens is 1. The molecule has 9 heteroatoms. The SMILES string of the molecule is CCCCCN(CCCOC)C(=O)C(C)OC(=O)C(C)C(Cl)(Cl)c1ccc2nc[nH]c2c1. The molecule has 1 amide bonds. The van der Waals surface area contributed by atoms with Crippen LogP contribution in [0.25, 0.3) is 11.0 Å². The lowest BCUT2D eigenvalue weighted by molar-refractivity contribution is -0.162. The Kier molecular flexibility index (Phi) is 10.3. The highest BCUT2D eigenvalue weighted by molar-refractivity contribution is 6.49. The number of benzene rings is 1. The van der Waals surface area contributed by atoms with E-state index < -0.39 is 22.3 Å². The van der Waals surface area contributed by atoms with Gasteiger partial charge in [-0.2, -0.15) is 0 Å². The third-order valence-corrected chi connectivity index (χ3v) is 6.55. The van der Waals surface area contributed by atoms with Gasteiger partial charge in [-0.3, -0.25) is 9.59 Å². The van der Waals surface area contributed by atoms with Crippen LogP contribution < -0.4 is 0 Å². The number of imidazole rings is 1. The lowest BCUT2D eigenvalue weighted by Gasteiger charge is -2.29. The molecule has 1 heterocycles. The summed E-state index contributed by atoms with van der Waals surface area (Å²) in [5.41, 5.74) is 2.07. The number of hydrogen-bond donors (Lipinski definition) is 1. The van der Waals surface area contributed by atoms with Gasteiger partial charge in [0.25, 0.3) is 5.91 Å². The second-order valence-electron chi connectivity index (χ2n) is 7.94. The van der Waals surface area contributed by atoms with E-state index in [0.29, 0.717) is 31.7 Å². The van der Waals surface area contributed by atoms with Gasteiger partial charge in [0.2, 0.25) is 0 Å². The van der Waals surface area contributed by atoms with Gasteiger partial charge >= 0.3 is 5.97 Å². The predicted octanol–water partition coefficient (Wildman–Crippen LogP) is 4.82. The van der Waals surface area contributed by atoms with Crippen LogP contribution in [0.1, 0.15) is 52.0 Å². The molecule has 2 atom stereocenters.